The molecule has 2 aliphatic carbocycles. The first kappa shape index (κ1) is 17.7. The fourth-order valence-corrected chi connectivity index (χ4v) is 3.83. The van der Waals surface area contributed by atoms with E-state index in [1.807, 2.05) is 4.90 Å². The van der Waals surface area contributed by atoms with E-state index in [1.165, 1.54) is 25.7 Å². The SMILES string of the molecule is C[C@H]1CCC[C@H](NC(=O)CN2CCN(C(=O)CNC3CC3)CC2)C1. The van der Waals surface area contributed by atoms with Crippen LogP contribution in [0.25, 0.3) is 0 Å². The minimum Gasteiger partial charge on any atom is -0.352 e. The molecule has 1 heterocycles. The first-order chi connectivity index (χ1) is 11.6. The maximum atomic E-state index is 12.2. The highest BCUT2D eigenvalue weighted by molar-refractivity contribution is 5.79. The van der Waals surface area contributed by atoms with Crippen molar-refractivity contribution >= 4 is 11.8 Å². The molecule has 2 atom stereocenters. The summed E-state index contributed by atoms with van der Waals surface area (Å²) in [6, 6.07) is 0.930. The van der Waals surface area contributed by atoms with Crippen LogP contribution in [0.3, 0.4) is 0 Å². The lowest BCUT2D eigenvalue weighted by Crippen LogP contribution is -2.53. The van der Waals surface area contributed by atoms with Gasteiger partial charge in [0.2, 0.25) is 11.8 Å². The van der Waals surface area contributed by atoms with E-state index in [2.05, 4.69) is 22.5 Å². The molecule has 2 saturated carbocycles. The fraction of sp³-hybridized carbons (Fsp3) is 0.889. The number of hydrogen-bond acceptors (Lipinski definition) is 4. The quantitative estimate of drug-likeness (QED) is 0.745. The van der Waals surface area contributed by atoms with Crippen LogP contribution in [0.4, 0.5) is 0 Å². The minimum atomic E-state index is 0.143. The van der Waals surface area contributed by atoms with Gasteiger partial charge in [-0.15, -0.1) is 0 Å². The zero-order valence-corrected chi connectivity index (χ0v) is 14.9. The van der Waals surface area contributed by atoms with Gasteiger partial charge in [-0.05, 0) is 31.6 Å². The number of hydrogen-bond donors (Lipinski definition) is 2. The first-order valence-corrected chi connectivity index (χ1v) is 9.63. The molecule has 3 aliphatic rings. The molecule has 6 heteroatoms. The van der Waals surface area contributed by atoms with Crippen LogP contribution in [0.5, 0.6) is 0 Å². The highest BCUT2D eigenvalue weighted by Crippen LogP contribution is 2.23. The van der Waals surface area contributed by atoms with Crippen molar-refractivity contribution in [1.82, 2.24) is 20.4 Å². The third-order valence-corrected chi connectivity index (χ3v) is 5.51. The van der Waals surface area contributed by atoms with Crippen molar-refractivity contribution < 1.29 is 9.59 Å². The number of nitrogens with zero attached hydrogens (tertiary/aromatic N) is 2. The number of piperazine rings is 1. The smallest absolute Gasteiger partial charge is 0.236 e. The number of carbonyl (C=O) groups is 2. The minimum absolute atomic E-state index is 0.143. The highest BCUT2D eigenvalue weighted by atomic mass is 16.2. The lowest BCUT2D eigenvalue weighted by molar-refractivity contribution is -0.132. The molecule has 136 valence electrons. The van der Waals surface area contributed by atoms with Crippen LogP contribution in [0.15, 0.2) is 0 Å². The Morgan fingerprint density at radius 2 is 1.75 bits per heavy atom. The van der Waals surface area contributed by atoms with Crippen LogP contribution < -0.4 is 10.6 Å². The Balaban J connectivity index is 1.32. The van der Waals surface area contributed by atoms with Crippen LogP contribution in [0, 0.1) is 5.92 Å². The van der Waals surface area contributed by atoms with Gasteiger partial charge < -0.3 is 15.5 Å². The summed E-state index contributed by atoms with van der Waals surface area (Å²) in [6.45, 7) is 6.26. The van der Waals surface area contributed by atoms with Crippen LogP contribution in [0.2, 0.25) is 0 Å². The summed E-state index contributed by atoms with van der Waals surface area (Å²) in [4.78, 5) is 28.5. The summed E-state index contributed by atoms with van der Waals surface area (Å²) >= 11 is 0. The molecule has 3 fully saturated rings. The molecule has 0 radical (unpaired) electrons. The Kier molecular flexibility index (Phi) is 6.11. The predicted octanol–water partition coefficient (Wildman–Crippen LogP) is 0.578. The van der Waals surface area contributed by atoms with Crippen LogP contribution in [-0.2, 0) is 9.59 Å². The van der Waals surface area contributed by atoms with E-state index >= 15 is 0 Å². The van der Waals surface area contributed by atoms with Crippen molar-refractivity contribution in [3.8, 4) is 0 Å². The summed E-state index contributed by atoms with van der Waals surface area (Å²) < 4.78 is 0. The van der Waals surface area contributed by atoms with Gasteiger partial charge in [-0.2, -0.15) is 0 Å². The van der Waals surface area contributed by atoms with E-state index in [-0.39, 0.29) is 11.8 Å². The maximum absolute atomic E-state index is 12.2. The lowest BCUT2D eigenvalue weighted by atomic mass is 9.87. The third-order valence-electron chi connectivity index (χ3n) is 5.51. The molecule has 0 spiro atoms. The summed E-state index contributed by atoms with van der Waals surface area (Å²) in [5, 5.41) is 6.48. The van der Waals surface area contributed by atoms with Gasteiger partial charge in [0.1, 0.15) is 0 Å². The van der Waals surface area contributed by atoms with Gasteiger partial charge in [0, 0.05) is 38.3 Å². The van der Waals surface area contributed by atoms with Gasteiger partial charge in [-0.1, -0.05) is 19.8 Å². The largest absolute Gasteiger partial charge is 0.352 e. The van der Waals surface area contributed by atoms with Crippen molar-refractivity contribution in [2.45, 2.75) is 57.5 Å². The van der Waals surface area contributed by atoms with E-state index < -0.39 is 0 Å². The predicted molar refractivity (Wildman–Crippen MR) is 93.6 cm³/mol. The Bertz CT molecular complexity index is 444. The monoisotopic (exact) mass is 336 g/mol. The van der Waals surface area contributed by atoms with Crippen molar-refractivity contribution in [3.05, 3.63) is 0 Å². The standard InChI is InChI=1S/C18H32N4O2/c1-14-3-2-4-16(11-14)20-17(23)13-21-7-9-22(10-8-21)18(24)12-19-15-5-6-15/h14-16,19H,2-13H2,1H3,(H,20,23)/t14-,16-/m0/s1. The van der Waals surface area contributed by atoms with Crippen LogP contribution in [-0.4, -0.2) is 73.0 Å². The summed E-state index contributed by atoms with van der Waals surface area (Å²) in [5.41, 5.74) is 0. The fourth-order valence-electron chi connectivity index (χ4n) is 3.83. The number of amides is 2. The molecule has 0 unspecified atom stereocenters. The molecule has 2 amide bonds. The van der Waals surface area contributed by atoms with Gasteiger partial charge in [0.15, 0.2) is 0 Å². The number of nitrogens with one attached hydrogen (secondary N) is 2. The van der Waals surface area contributed by atoms with Crippen molar-refractivity contribution in [2.75, 3.05) is 39.3 Å². The van der Waals surface area contributed by atoms with Gasteiger partial charge in [-0.3, -0.25) is 14.5 Å². The van der Waals surface area contributed by atoms with E-state index in [0.717, 1.165) is 44.9 Å². The molecule has 24 heavy (non-hydrogen) atoms. The molecule has 3 rings (SSSR count). The van der Waals surface area contributed by atoms with E-state index in [9.17, 15) is 9.59 Å². The van der Waals surface area contributed by atoms with Crippen LogP contribution >= 0.6 is 0 Å². The zero-order chi connectivity index (χ0) is 16.9. The van der Waals surface area contributed by atoms with Gasteiger partial charge in [0.25, 0.3) is 0 Å². The maximum Gasteiger partial charge on any atom is 0.236 e. The second-order valence-electron chi connectivity index (χ2n) is 7.85. The highest BCUT2D eigenvalue weighted by Gasteiger charge is 2.26. The summed E-state index contributed by atoms with van der Waals surface area (Å²) in [6.07, 6.45) is 7.15. The van der Waals surface area contributed by atoms with Crippen molar-refractivity contribution in [1.29, 1.82) is 0 Å². The molecule has 1 aliphatic heterocycles. The molecule has 1 saturated heterocycles. The normalized spacial score (nSPS) is 28.6. The Morgan fingerprint density at radius 3 is 2.42 bits per heavy atom. The first-order valence-electron chi connectivity index (χ1n) is 9.63. The molecule has 2 N–H and O–H groups in total. The molecular formula is C18H32N4O2. The Hall–Kier alpha value is -1.14. The third kappa shape index (κ3) is 5.45. The van der Waals surface area contributed by atoms with Gasteiger partial charge in [0.05, 0.1) is 13.1 Å². The Morgan fingerprint density at radius 1 is 1.00 bits per heavy atom. The van der Waals surface area contributed by atoms with Crippen molar-refractivity contribution in [2.24, 2.45) is 5.92 Å². The molecule has 6 nitrogen and oxygen atoms in total. The molecule has 0 aromatic rings. The molecule has 0 bridgehead atoms. The second kappa shape index (κ2) is 8.30. The number of carbonyl (C=O) groups excluding carboxylic acids is 2. The molecule has 0 aromatic carbocycles. The number of rotatable bonds is 6. The topological polar surface area (TPSA) is 64.7 Å². The average Bonchev–Trinajstić information content (AvgIpc) is 3.37. The van der Waals surface area contributed by atoms with Crippen LogP contribution in [0.1, 0.15) is 45.4 Å². The summed E-state index contributed by atoms with van der Waals surface area (Å²) in [5.74, 6) is 1.06. The molecule has 0 aromatic heterocycles. The van der Waals surface area contributed by atoms with E-state index in [0.29, 0.717) is 25.2 Å². The summed E-state index contributed by atoms with van der Waals surface area (Å²) in [7, 11) is 0. The Labute approximate surface area is 145 Å². The van der Waals surface area contributed by atoms with Gasteiger partial charge >= 0.3 is 0 Å². The van der Waals surface area contributed by atoms with E-state index in [1.54, 1.807) is 0 Å². The lowest BCUT2D eigenvalue weighted by Gasteiger charge is -2.35. The second-order valence-corrected chi connectivity index (χ2v) is 7.85. The average molecular weight is 336 g/mol. The van der Waals surface area contributed by atoms with Gasteiger partial charge in [-0.25, -0.2) is 0 Å². The van der Waals surface area contributed by atoms with E-state index in [4.69, 9.17) is 0 Å². The van der Waals surface area contributed by atoms with Crippen molar-refractivity contribution in [3.63, 3.8) is 0 Å². The molecular weight excluding hydrogens is 304 g/mol. The zero-order valence-electron chi connectivity index (χ0n) is 14.9.